The van der Waals surface area contributed by atoms with Gasteiger partial charge in [0.1, 0.15) is 5.82 Å². The number of allylic oxidation sites excluding steroid dienone is 2. The topological polar surface area (TPSA) is 108 Å². The van der Waals surface area contributed by atoms with Crippen LogP contribution < -0.4 is 11.1 Å². The number of hydrogen-bond acceptors (Lipinski definition) is 6. The van der Waals surface area contributed by atoms with Crippen LogP contribution in [-0.2, 0) is 0 Å². The molecule has 0 atom stereocenters. The highest BCUT2D eigenvalue weighted by atomic mass is 15.4. The largest absolute Gasteiger partial charge is 0.390 e. The van der Waals surface area contributed by atoms with Gasteiger partial charge in [-0.1, -0.05) is 24.3 Å². The molecule has 2 aromatic heterocycles. The number of aliphatic imine (C=N–C) groups is 1. The highest BCUT2D eigenvalue weighted by molar-refractivity contribution is 5.78. The molecule has 3 N–H and O–H groups in total. The smallest absolute Gasteiger partial charge is 0.243 e. The Kier molecular flexibility index (Phi) is 6.17. The summed E-state index contributed by atoms with van der Waals surface area (Å²) in [6.07, 6.45) is 7.01. The molecule has 8 nitrogen and oxygen atoms in total. The van der Waals surface area contributed by atoms with Crippen molar-refractivity contribution in [3.05, 3.63) is 72.2 Å². The number of anilines is 1. The molecule has 0 radical (unpaired) electrons. The van der Waals surface area contributed by atoms with E-state index in [-0.39, 0.29) is 6.04 Å². The Bertz CT molecular complexity index is 1220. The summed E-state index contributed by atoms with van der Waals surface area (Å²) in [6, 6.07) is 13.9. The predicted octanol–water partition coefficient (Wildman–Crippen LogP) is 3.55. The number of nitriles is 1. The lowest BCUT2D eigenvalue weighted by atomic mass is 10.0. The van der Waals surface area contributed by atoms with E-state index < -0.39 is 0 Å². The zero-order valence-corrected chi connectivity index (χ0v) is 18.1. The molecular weight excluding hydrogens is 400 g/mol. The third kappa shape index (κ3) is 4.62. The van der Waals surface area contributed by atoms with Gasteiger partial charge in [-0.15, -0.1) is 5.10 Å². The molecule has 4 rings (SSSR count). The molecule has 0 aliphatic carbocycles. The second-order valence-electron chi connectivity index (χ2n) is 7.85. The Labute approximate surface area is 187 Å². The molecule has 3 heterocycles. The lowest BCUT2D eigenvalue weighted by molar-refractivity contribution is 0.269. The number of hydrogen-bond donors (Lipinski definition) is 2. The van der Waals surface area contributed by atoms with Crippen molar-refractivity contribution < 1.29 is 0 Å². The van der Waals surface area contributed by atoms with Crippen molar-refractivity contribution in [2.24, 2.45) is 10.7 Å². The zero-order chi connectivity index (χ0) is 22.5. The van der Waals surface area contributed by atoms with Gasteiger partial charge in [0.05, 0.1) is 18.0 Å². The second kappa shape index (κ2) is 9.35. The summed E-state index contributed by atoms with van der Waals surface area (Å²) >= 11 is 0. The van der Waals surface area contributed by atoms with Crippen LogP contribution in [0, 0.1) is 11.3 Å². The number of nitrogens with two attached hydrogens (primary N) is 1. The van der Waals surface area contributed by atoms with Gasteiger partial charge in [-0.05, 0) is 55.7 Å². The van der Waals surface area contributed by atoms with E-state index >= 15 is 0 Å². The summed E-state index contributed by atoms with van der Waals surface area (Å²) in [4.78, 5) is 11.2. The van der Waals surface area contributed by atoms with Gasteiger partial charge in [0.2, 0.25) is 5.95 Å². The monoisotopic (exact) mass is 426 g/mol. The van der Waals surface area contributed by atoms with Crippen molar-refractivity contribution in [1.29, 1.82) is 5.26 Å². The number of piperidine rings is 1. The molecule has 1 aromatic carbocycles. The molecule has 0 spiro atoms. The number of rotatable bonds is 6. The SMILES string of the molecule is C=C(C)/C=C(\N=C/N)N1CCC(Nc2nc3c(-c4cccc(C#N)c4)cccn3n2)CC1. The van der Waals surface area contributed by atoms with Gasteiger partial charge in [0.25, 0.3) is 0 Å². The fourth-order valence-corrected chi connectivity index (χ4v) is 3.89. The molecule has 1 aliphatic heterocycles. The molecule has 0 amide bonds. The predicted molar refractivity (Wildman–Crippen MR) is 127 cm³/mol. The first-order valence-electron chi connectivity index (χ1n) is 10.6. The minimum absolute atomic E-state index is 0.266. The third-order valence-electron chi connectivity index (χ3n) is 5.40. The standard InChI is InChI=1S/C24H26N8/c1-17(2)13-22(27-16-26)31-11-8-20(9-12-31)28-24-29-23-21(7-4-10-32(23)30-24)19-6-3-5-18(14-19)15-25/h3-7,10,13-14,16,20H,1,8-9,11-12H2,2H3,(H2,26,27)(H,28,30)/b22-13+. The fraction of sp³-hybridized carbons (Fsp3) is 0.250. The second-order valence-corrected chi connectivity index (χ2v) is 7.85. The van der Waals surface area contributed by atoms with E-state index in [1.165, 1.54) is 6.34 Å². The highest BCUT2D eigenvalue weighted by Gasteiger charge is 2.22. The summed E-state index contributed by atoms with van der Waals surface area (Å²) in [7, 11) is 0. The molecule has 3 aromatic rings. The Morgan fingerprint density at radius 3 is 2.84 bits per heavy atom. The van der Waals surface area contributed by atoms with Crippen LogP contribution in [0.1, 0.15) is 25.3 Å². The van der Waals surface area contributed by atoms with Crippen LogP contribution in [0.5, 0.6) is 0 Å². The molecule has 1 aliphatic rings. The maximum absolute atomic E-state index is 9.22. The van der Waals surface area contributed by atoms with Gasteiger partial charge < -0.3 is 16.0 Å². The van der Waals surface area contributed by atoms with Crippen molar-refractivity contribution in [3.63, 3.8) is 0 Å². The summed E-state index contributed by atoms with van der Waals surface area (Å²) in [5, 5.41) is 17.3. The molecule has 0 unspecified atom stereocenters. The van der Waals surface area contributed by atoms with E-state index in [4.69, 9.17) is 10.7 Å². The lowest BCUT2D eigenvalue weighted by Gasteiger charge is -2.33. The lowest BCUT2D eigenvalue weighted by Crippen LogP contribution is -2.38. The summed E-state index contributed by atoms with van der Waals surface area (Å²) in [5.74, 6) is 1.44. The average Bonchev–Trinajstić information content (AvgIpc) is 3.21. The number of likely N-dealkylation sites (tertiary alicyclic amines) is 1. The number of nitrogens with zero attached hydrogens (tertiary/aromatic N) is 6. The van der Waals surface area contributed by atoms with E-state index in [0.29, 0.717) is 11.5 Å². The summed E-state index contributed by atoms with van der Waals surface area (Å²) < 4.78 is 1.77. The van der Waals surface area contributed by atoms with Crippen LogP contribution in [0.25, 0.3) is 16.8 Å². The van der Waals surface area contributed by atoms with E-state index in [9.17, 15) is 5.26 Å². The maximum Gasteiger partial charge on any atom is 0.243 e. The Balaban J connectivity index is 1.49. The first-order valence-corrected chi connectivity index (χ1v) is 10.6. The number of aromatic nitrogens is 3. The van der Waals surface area contributed by atoms with E-state index in [1.807, 2.05) is 49.5 Å². The quantitative estimate of drug-likeness (QED) is 0.355. The van der Waals surface area contributed by atoms with Gasteiger partial charge in [0.15, 0.2) is 5.65 Å². The molecule has 32 heavy (non-hydrogen) atoms. The van der Waals surface area contributed by atoms with E-state index in [1.54, 1.807) is 10.6 Å². The van der Waals surface area contributed by atoms with Crippen LogP contribution in [-0.4, -0.2) is 45.0 Å². The Morgan fingerprint density at radius 1 is 1.31 bits per heavy atom. The van der Waals surface area contributed by atoms with Gasteiger partial charge in [-0.2, -0.15) is 10.2 Å². The van der Waals surface area contributed by atoms with Gasteiger partial charge in [0, 0.05) is 30.9 Å². The normalized spacial score (nSPS) is 15.2. The first-order chi connectivity index (χ1) is 15.6. The minimum Gasteiger partial charge on any atom is -0.390 e. The van der Waals surface area contributed by atoms with Crippen molar-refractivity contribution >= 4 is 17.9 Å². The van der Waals surface area contributed by atoms with Crippen LogP contribution in [0.2, 0.25) is 0 Å². The first kappa shape index (κ1) is 21.1. The van der Waals surface area contributed by atoms with Gasteiger partial charge in [-0.3, -0.25) is 0 Å². The molecule has 0 bridgehead atoms. The van der Waals surface area contributed by atoms with Crippen molar-refractivity contribution in [2.45, 2.75) is 25.8 Å². The minimum atomic E-state index is 0.266. The summed E-state index contributed by atoms with van der Waals surface area (Å²) in [6.45, 7) is 7.59. The third-order valence-corrected chi connectivity index (χ3v) is 5.40. The van der Waals surface area contributed by atoms with E-state index in [2.05, 4.69) is 33.0 Å². The fourth-order valence-electron chi connectivity index (χ4n) is 3.89. The van der Waals surface area contributed by atoms with Crippen LogP contribution in [0.3, 0.4) is 0 Å². The number of nitrogens with one attached hydrogen (secondary N) is 1. The van der Waals surface area contributed by atoms with Crippen LogP contribution in [0.15, 0.2) is 71.6 Å². The average molecular weight is 427 g/mol. The van der Waals surface area contributed by atoms with Crippen molar-refractivity contribution in [2.75, 3.05) is 18.4 Å². The molecule has 0 saturated carbocycles. The van der Waals surface area contributed by atoms with Crippen molar-refractivity contribution in [1.82, 2.24) is 19.5 Å². The summed E-state index contributed by atoms with van der Waals surface area (Å²) in [5.41, 5.74) is 9.71. The molecule has 8 heteroatoms. The van der Waals surface area contributed by atoms with Crippen LogP contribution in [0.4, 0.5) is 5.95 Å². The molecule has 1 saturated heterocycles. The van der Waals surface area contributed by atoms with Gasteiger partial charge in [-0.25, -0.2) is 9.51 Å². The highest BCUT2D eigenvalue weighted by Crippen LogP contribution is 2.26. The Hall–Kier alpha value is -4.12. The number of fused-ring (bicyclic) bond motifs is 1. The molecule has 162 valence electrons. The molecular formula is C24H26N8. The molecule has 1 fully saturated rings. The van der Waals surface area contributed by atoms with Crippen molar-refractivity contribution in [3.8, 4) is 17.2 Å². The zero-order valence-electron chi connectivity index (χ0n) is 18.1. The van der Waals surface area contributed by atoms with Gasteiger partial charge >= 0.3 is 0 Å². The van der Waals surface area contributed by atoms with E-state index in [0.717, 1.165) is 54.1 Å². The number of pyridine rings is 1. The maximum atomic E-state index is 9.22. The Morgan fingerprint density at radius 2 is 2.12 bits per heavy atom. The number of benzene rings is 1. The van der Waals surface area contributed by atoms with Crippen LogP contribution >= 0.6 is 0 Å².